The van der Waals surface area contributed by atoms with Gasteiger partial charge in [0.25, 0.3) is 5.69 Å². The summed E-state index contributed by atoms with van der Waals surface area (Å²) in [5.41, 5.74) is 0.726. The molecule has 6 nitrogen and oxygen atoms in total. The van der Waals surface area contributed by atoms with E-state index in [2.05, 4.69) is 0 Å². The van der Waals surface area contributed by atoms with Gasteiger partial charge in [-0.25, -0.2) is 4.79 Å². The Morgan fingerprint density at radius 2 is 1.63 bits per heavy atom. The third-order valence-electron chi connectivity index (χ3n) is 3.66. The number of nitrogens with zero attached hydrogens (tertiary/aromatic N) is 1. The molecule has 0 unspecified atom stereocenters. The lowest BCUT2D eigenvalue weighted by molar-refractivity contribution is -0.384. The summed E-state index contributed by atoms with van der Waals surface area (Å²) >= 11 is 5.74. The Balaban J connectivity index is 1.63. The van der Waals surface area contributed by atoms with Crippen molar-refractivity contribution in [1.29, 1.82) is 0 Å². The van der Waals surface area contributed by atoms with Gasteiger partial charge in [-0.2, -0.15) is 0 Å². The molecule has 0 saturated heterocycles. The Morgan fingerprint density at radius 1 is 0.963 bits per heavy atom. The van der Waals surface area contributed by atoms with Crippen molar-refractivity contribution in [2.24, 2.45) is 0 Å². The van der Waals surface area contributed by atoms with E-state index in [0.29, 0.717) is 18.1 Å². The quantitative estimate of drug-likeness (QED) is 0.257. The SMILES string of the molecule is O=C(Oc1ccc(OCc2ccccc2)cc1)c1ccc(Cl)c([N+](=O)[O-])c1. The number of rotatable bonds is 6. The van der Waals surface area contributed by atoms with Crippen LogP contribution in [0, 0.1) is 10.1 Å². The van der Waals surface area contributed by atoms with Crippen LogP contribution >= 0.6 is 11.6 Å². The Labute approximate surface area is 160 Å². The molecule has 27 heavy (non-hydrogen) atoms. The topological polar surface area (TPSA) is 78.7 Å². The summed E-state index contributed by atoms with van der Waals surface area (Å²) in [7, 11) is 0. The molecule has 3 aromatic rings. The van der Waals surface area contributed by atoms with Gasteiger partial charge < -0.3 is 9.47 Å². The summed E-state index contributed by atoms with van der Waals surface area (Å²) in [5, 5.41) is 10.9. The van der Waals surface area contributed by atoms with Gasteiger partial charge in [-0.15, -0.1) is 0 Å². The van der Waals surface area contributed by atoms with Crippen LogP contribution in [0.25, 0.3) is 0 Å². The lowest BCUT2D eigenvalue weighted by atomic mass is 10.2. The first-order chi connectivity index (χ1) is 13.0. The van der Waals surface area contributed by atoms with Crippen molar-refractivity contribution in [2.45, 2.75) is 6.61 Å². The van der Waals surface area contributed by atoms with Crippen molar-refractivity contribution in [3.8, 4) is 11.5 Å². The minimum Gasteiger partial charge on any atom is -0.489 e. The molecule has 0 bridgehead atoms. The van der Waals surface area contributed by atoms with Gasteiger partial charge in [0.1, 0.15) is 23.1 Å². The van der Waals surface area contributed by atoms with E-state index >= 15 is 0 Å². The van der Waals surface area contributed by atoms with Crippen LogP contribution in [0.1, 0.15) is 15.9 Å². The van der Waals surface area contributed by atoms with Gasteiger partial charge in [-0.05, 0) is 42.0 Å². The molecular formula is C20H14ClNO5. The van der Waals surface area contributed by atoms with Gasteiger partial charge in [-0.1, -0.05) is 41.9 Å². The van der Waals surface area contributed by atoms with Crippen molar-refractivity contribution in [2.75, 3.05) is 0 Å². The van der Waals surface area contributed by atoms with Gasteiger partial charge >= 0.3 is 5.97 Å². The molecule has 0 fully saturated rings. The molecule has 0 atom stereocenters. The summed E-state index contributed by atoms with van der Waals surface area (Å²) in [4.78, 5) is 22.4. The standard InChI is InChI=1S/C20H14ClNO5/c21-18-11-6-15(12-19(18)22(24)25)20(23)27-17-9-7-16(8-10-17)26-13-14-4-2-1-3-5-14/h1-12H,13H2. The summed E-state index contributed by atoms with van der Waals surface area (Å²) in [6.45, 7) is 0.425. The number of ether oxygens (including phenoxy) is 2. The number of carbonyl (C=O) groups is 1. The first kappa shape index (κ1) is 18.4. The maximum absolute atomic E-state index is 12.2. The Hall–Kier alpha value is -3.38. The van der Waals surface area contributed by atoms with Gasteiger partial charge in [0.2, 0.25) is 0 Å². The molecule has 7 heteroatoms. The number of hydrogen-bond acceptors (Lipinski definition) is 5. The largest absolute Gasteiger partial charge is 0.489 e. The van der Waals surface area contributed by atoms with Gasteiger partial charge in [0, 0.05) is 6.07 Å². The average Bonchev–Trinajstić information content (AvgIpc) is 2.68. The number of nitro benzene ring substituents is 1. The Morgan fingerprint density at radius 3 is 2.30 bits per heavy atom. The van der Waals surface area contributed by atoms with Crippen molar-refractivity contribution in [1.82, 2.24) is 0 Å². The van der Waals surface area contributed by atoms with Crippen LogP contribution in [0.5, 0.6) is 11.5 Å². The molecule has 3 rings (SSSR count). The zero-order valence-corrected chi connectivity index (χ0v) is 14.8. The molecule has 0 aromatic heterocycles. The van der Waals surface area contributed by atoms with Crippen LogP contribution in [0.15, 0.2) is 72.8 Å². The number of hydrogen-bond donors (Lipinski definition) is 0. The van der Waals surface area contributed by atoms with Gasteiger partial charge in [0.15, 0.2) is 0 Å². The molecule has 0 saturated carbocycles. The highest BCUT2D eigenvalue weighted by molar-refractivity contribution is 6.32. The highest BCUT2D eigenvalue weighted by Crippen LogP contribution is 2.26. The fourth-order valence-corrected chi connectivity index (χ4v) is 2.48. The molecule has 0 spiro atoms. The maximum atomic E-state index is 12.2. The summed E-state index contributed by atoms with van der Waals surface area (Å²) in [5.74, 6) is 0.207. The van der Waals surface area contributed by atoms with E-state index in [1.54, 1.807) is 24.3 Å². The first-order valence-electron chi connectivity index (χ1n) is 7.96. The first-order valence-corrected chi connectivity index (χ1v) is 8.33. The second-order valence-corrected chi connectivity index (χ2v) is 5.97. The molecule has 136 valence electrons. The van der Waals surface area contributed by atoms with E-state index in [-0.39, 0.29) is 16.3 Å². The van der Waals surface area contributed by atoms with E-state index in [9.17, 15) is 14.9 Å². The monoisotopic (exact) mass is 383 g/mol. The fraction of sp³-hybridized carbons (Fsp3) is 0.0500. The normalized spacial score (nSPS) is 10.3. The Kier molecular flexibility index (Phi) is 5.68. The predicted octanol–water partition coefficient (Wildman–Crippen LogP) is 5.05. The fourth-order valence-electron chi connectivity index (χ4n) is 2.29. The smallest absolute Gasteiger partial charge is 0.343 e. The van der Waals surface area contributed by atoms with E-state index < -0.39 is 10.9 Å². The summed E-state index contributed by atoms with van der Waals surface area (Å²) < 4.78 is 10.9. The molecule has 0 radical (unpaired) electrons. The molecule has 0 amide bonds. The number of benzene rings is 3. The van der Waals surface area contributed by atoms with Crippen molar-refractivity contribution in [3.05, 3.63) is 99.1 Å². The van der Waals surface area contributed by atoms with Crippen molar-refractivity contribution in [3.63, 3.8) is 0 Å². The second kappa shape index (κ2) is 8.33. The van der Waals surface area contributed by atoms with Gasteiger partial charge in [-0.3, -0.25) is 10.1 Å². The second-order valence-electron chi connectivity index (χ2n) is 5.56. The number of esters is 1. The minimum atomic E-state index is -0.715. The third kappa shape index (κ3) is 4.83. The maximum Gasteiger partial charge on any atom is 0.343 e. The van der Waals surface area contributed by atoms with E-state index in [1.807, 2.05) is 30.3 Å². The number of nitro groups is 1. The van der Waals surface area contributed by atoms with Crippen molar-refractivity contribution >= 4 is 23.3 Å². The third-order valence-corrected chi connectivity index (χ3v) is 3.98. The number of carbonyl (C=O) groups excluding carboxylic acids is 1. The number of halogens is 1. The zero-order valence-electron chi connectivity index (χ0n) is 14.0. The van der Waals surface area contributed by atoms with Crippen LogP contribution in [0.3, 0.4) is 0 Å². The predicted molar refractivity (Wildman–Crippen MR) is 100 cm³/mol. The highest BCUT2D eigenvalue weighted by Gasteiger charge is 2.17. The molecule has 3 aromatic carbocycles. The van der Waals surface area contributed by atoms with Crippen molar-refractivity contribution < 1.29 is 19.2 Å². The molecule has 0 N–H and O–H groups in total. The zero-order chi connectivity index (χ0) is 19.2. The summed E-state index contributed by atoms with van der Waals surface area (Å²) in [6.07, 6.45) is 0. The van der Waals surface area contributed by atoms with Gasteiger partial charge in [0.05, 0.1) is 10.5 Å². The van der Waals surface area contributed by atoms with Crippen LogP contribution in [0.4, 0.5) is 5.69 Å². The van der Waals surface area contributed by atoms with Crippen LogP contribution in [0.2, 0.25) is 5.02 Å². The molecule has 0 aliphatic carbocycles. The van der Waals surface area contributed by atoms with Crippen LogP contribution in [-0.4, -0.2) is 10.9 Å². The van der Waals surface area contributed by atoms with E-state index in [4.69, 9.17) is 21.1 Å². The molecular weight excluding hydrogens is 370 g/mol. The van der Waals surface area contributed by atoms with Crippen LogP contribution in [-0.2, 0) is 6.61 Å². The molecule has 0 heterocycles. The summed E-state index contributed by atoms with van der Waals surface area (Å²) in [6, 6.07) is 20.0. The van der Waals surface area contributed by atoms with E-state index in [0.717, 1.165) is 11.6 Å². The average molecular weight is 384 g/mol. The van der Waals surface area contributed by atoms with Crippen LogP contribution < -0.4 is 9.47 Å². The molecule has 0 aliphatic rings. The minimum absolute atomic E-state index is 0.0375. The lowest BCUT2D eigenvalue weighted by Gasteiger charge is -2.08. The van der Waals surface area contributed by atoms with E-state index in [1.165, 1.54) is 12.1 Å². The lowest BCUT2D eigenvalue weighted by Crippen LogP contribution is -2.09. The highest BCUT2D eigenvalue weighted by atomic mass is 35.5. The Bertz CT molecular complexity index is 958. The molecule has 0 aliphatic heterocycles.